The Hall–Kier alpha value is -3.49. The summed E-state index contributed by atoms with van der Waals surface area (Å²) in [4.78, 5) is 11.5. The Kier molecular flexibility index (Phi) is 8.97. The van der Waals surface area contributed by atoms with Crippen molar-refractivity contribution in [3.63, 3.8) is 0 Å². The number of rotatable bonds is 11. The van der Waals surface area contributed by atoms with Gasteiger partial charge in [0.2, 0.25) is 16.0 Å². The van der Waals surface area contributed by atoms with E-state index in [1.165, 1.54) is 0 Å². The van der Waals surface area contributed by atoms with Gasteiger partial charge in [-0.3, -0.25) is 0 Å². The number of fused-ring (bicyclic) bond motifs is 1. The summed E-state index contributed by atoms with van der Waals surface area (Å²) >= 11 is 0. The summed E-state index contributed by atoms with van der Waals surface area (Å²) in [5.74, 6) is 2.28. The van der Waals surface area contributed by atoms with Crippen molar-refractivity contribution in [3.8, 4) is 0 Å². The zero-order valence-corrected chi connectivity index (χ0v) is 24.1. The van der Waals surface area contributed by atoms with Crippen molar-refractivity contribution >= 4 is 32.7 Å². The summed E-state index contributed by atoms with van der Waals surface area (Å²) in [6.07, 6.45) is 4.14. The van der Waals surface area contributed by atoms with Gasteiger partial charge in [0.05, 0.1) is 11.3 Å². The van der Waals surface area contributed by atoms with Gasteiger partial charge in [0, 0.05) is 38.5 Å². The molecular weight excluding hydrogens is 518 g/mol. The van der Waals surface area contributed by atoms with Crippen LogP contribution in [0.15, 0.2) is 84.9 Å². The summed E-state index contributed by atoms with van der Waals surface area (Å²) in [7, 11) is 0.547. The van der Waals surface area contributed by atoms with Gasteiger partial charge in [-0.25, -0.2) is 18.1 Å². The van der Waals surface area contributed by atoms with E-state index in [-0.39, 0.29) is 11.7 Å². The lowest BCUT2D eigenvalue weighted by molar-refractivity contribution is 0.284. The van der Waals surface area contributed by atoms with E-state index in [0.29, 0.717) is 24.3 Å². The molecule has 0 radical (unpaired) electrons. The Morgan fingerprint density at radius 2 is 1.32 bits per heavy atom. The maximum atomic E-state index is 13.2. The molecule has 4 aromatic rings. The van der Waals surface area contributed by atoms with Crippen molar-refractivity contribution < 1.29 is 8.42 Å². The lowest BCUT2D eigenvalue weighted by Gasteiger charge is -2.29. The van der Waals surface area contributed by atoms with Crippen LogP contribution in [-0.2, 0) is 10.0 Å². The fourth-order valence-corrected chi connectivity index (χ4v) is 7.07. The van der Waals surface area contributed by atoms with Gasteiger partial charge in [0.15, 0.2) is 0 Å². The third kappa shape index (κ3) is 7.17. The van der Waals surface area contributed by atoms with Gasteiger partial charge < -0.3 is 10.2 Å². The van der Waals surface area contributed by atoms with E-state index in [9.17, 15) is 8.42 Å². The van der Waals surface area contributed by atoms with Crippen LogP contribution in [0.5, 0.6) is 0 Å². The maximum Gasteiger partial charge on any atom is 0.225 e. The summed E-state index contributed by atoms with van der Waals surface area (Å²) in [6.45, 7) is 1.32. The van der Waals surface area contributed by atoms with E-state index in [1.807, 2.05) is 104 Å². The van der Waals surface area contributed by atoms with Crippen molar-refractivity contribution in [2.45, 2.75) is 31.6 Å². The zero-order valence-electron chi connectivity index (χ0n) is 23.3. The van der Waals surface area contributed by atoms with Crippen LogP contribution in [-0.4, -0.2) is 51.3 Å². The predicted molar refractivity (Wildman–Crippen MR) is 164 cm³/mol. The standard InChI is InChI=1S/C32H39N5O2S/c1-37(2)31-28-15-9-10-16-30(28)35-32(36-31)33-21-24-17-19-25(20-18-24)22-34-40(38,39)23-29(26-11-5-3-6-12-26)27-13-7-4-8-14-27/h3-16,24-25,29,34H,17-23H2,1-2H3,(H,33,35,36)/t24-,25-. The molecule has 0 saturated heterocycles. The molecule has 210 valence electrons. The molecule has 0 spiro atoms. The SMILES string of the molecule is CN(C)c1nc(NC[C@H]2CC[C@H](CNS(=O)(=O)CC(c3ccccc3)c3ccccc3)CC2)nc2ccccc12. The molecule has 1 fully saturated rings. The second-order valence-corrected chi connectivity index (χ2v) is 12.9. The highest BCUT2D eigenvalue weighted by Crippen LogP contribution is 2.30. The van der Waals surface area contributed by atoms with Crippen molar-refractivity contribution in [3.05, 3.63) is 96.1 Å². The third-order valence-corrected chi connectivity index (χ3v) is 9.28. The molecule has 0 aliphatic heterocycles. The molecule has 0 amide bonds. The quantitative estimate of drug-likeness (QED) is 0.247. The molecule has 7 nitrogen and oxygen atoms in total. The van der Waals surface area contributed by atoms with Crippen LogP contribution in [0.4, 0.5) is 11.8 Å². The van der Waals surface area contributed by atoms with Crippen LogP contribution in [0.2, 0.25) is 0 Å². The molecular formula is C32H39N5O2S. The highest BCUT2D eigenvalue weighted by atomic mass is 32.2. The summed E-state index contributed by atoms with van der Waals surface area (Å²) in [5, 5.41) is 4.51. The van der Waals surface area contributed by atoms with E-state index in [0.717, 1.165) is 60.1 Å². The first kappa shape index (κ1) is 28.1. The third-order valence-electron chi connectivity index (χ3n) is 7.90. The Labute approximate surface area is 238 Å². The molecule has 0 atom stereocenters. The highest BCUT2D eigenvalue weighted by Gasteiger charge is 2.26. The van der Waals surface area contributed by atoms with Gasteiger partial charge in [0.1, 0.15) is 5.82 Å². The average Bonchev–Trinajstić information content (AvgIpc) is 2.99. The number of benzene rings is 3. The molecule has 2 N–H and O–H groups in total. The second kappa shape index (κ2) is 12.8. The number of sulfonamides is 1. The Morgan fingerprint density at radius 3 is 1.93 bits per heavy atom. The Bertz CT molecular complexity index is 1450. The summed E-state index contributed by atoms with van der Waals surface area (Å²) in [6, 6.07) is 27.9. The van der Waals surface area contributed by atoms with Crippen LogP contribution in [0.1, 0.15) is 42.7 Å². The highest BCUT2D eigenvalue weighted by molar-refractivity contribution is 7.89. The summed E-state index contributed by atoms with van der Waals surface area (Å²) < 4.78 is 29.3. The second-order valence-electron chi connectivity index (χ2n) is 11.1. The van der Waals surface area contributed by atoms with Crippen LogP contribution >= 0.6 is 0 Å². The minimum absolute atomic E-state index is 0.0426. The molecule has 1 aliphatic rings. The number of hydrogen-bond acceptors (Lipinski definition) is 6. The topological polar surface area (TPSA) is 87.2 Å². The van der Waals surface area contributed by atoms with E-state index in [4.69, 9.17) is 9.97 Å². The van der Waals surface area contributed by atoms with E-state index < -0.39 is 10.0 Å². The average molecular weight is 558 g/mol. The van der Waals surface area contributed by atoms with Crippen LogP contribution in [0.3, 0.4) is 0 Å². The Morgan fingerprint density at radius 1 is 0.775 bits per heavy atom. The maximum absolute atomic E-state index is 13.2. The molecule has 1 saturated carbocycles. The summed E-state index contributed by atoms with van der Waals surface area (Å²) in [5.41, 5.74) is 2.96. The fourth-order valence-electron chi connectivity index (χ4n) is 5.63. The minimum Gasteiger partial charge on any atom is -0.362 e. The monoisotopic (exact) mass is 557 g/mol. The number of para-hydroxylation sites is 1. The number of hydrogen-bond donors (Lipinski definition) is 2. The van der Waals surface area contributed by atoms with Gasteiger partial charge in [-0.15, -0.1) is 0 Å². The van der Waals surface area contributed by atoms with Gasteiger partial charge >= 0.3 is 0 Å². The smallest absolute Gasteiger partial charge is 0.225 e. The van der Waals surface area contributed by atoms with Crippen LogP contribution < -0.4 is 14.9 Å². The number of nitrogens with one attached hydrogen (secondary N) is 2. The number of aromatic nitrogens is 2. The molecule has 5 rings (SSSR count). The van der Waals surface area contributed by atoms with Gasteiger partial charge in [-0.05, 0) is 60.8 Å². The number of nitrogens with zero attached hydrogens (tertiary/aromatic N) is 3. The lowest BCUT2D eigenvalue weighted by Crippen LogP contribution is -2.35. The molecule has 40 heavy (non-hydrogen) atoms. The molecule has 8 heteroatoms. The van der Waals surface area contributed by atoms with Crippen molar-refractivity contribution in [2.75, 3.05) is 43.2 Å². The lowest BCUT2D eigenvalue weighted by atomic mass is 9.82. The molecule has 0 unspecified atom stereocenters. The Balaban J connectivity index is 1.13. The van der Waals surface area contributed by atoms with E-state index in [2.05, 4.69) is 10.0 Å². The first-order valence-corrected chi connectivity index (χ1v) is 15.8. The van der Waals surface area contributed by atoms with Crippen molar-refractivity contribution in [2.24, 2.45) is 11.8 Å². The normalized spacial score (nSPS) is 17.7. The van der Waals surface area contributed by atoms with Crippen LogP contribution in [0.25, 0.3) is 10.9 Å². The zero-order chi connectivity index (χ0) is 28.0. The number of anilines is 2. The van der Waals surface area contributed by atoms with Gasteiger partial charge in [0.25, 0.3) is 0 Å². The molecule has 3 aromatic carbocycles. The molecule has 0 bridgehead atoms. The van der Waals surface area contributed by atoms with Crippen molar-refractivity contribution in [1.82, 2.24) is 14.7 Å². The van der Waals surface area contributed by atoms with Crippen molar-refractivity contribution in [1.29, 1.82) is 0 Å². The molecule has 1 aliphatic carbocycles. The van der Waals surface area contributed by atoms with E-state index >= 15 is 0 Å². The first-order valence-electron chi connectivity index (χ1n) is 14.1. The minimum atomic E-state index is -3.45. The molecule has 1 aromatic heterocycles. The predicted octanol–water partition coefficient (Wildman–Crippen LogP) is 5.67. The largest absolute Gasteiger partial charge is 0.362 e. The van der Waals surface area contributed by atoms with Gasteiger partial charge in [-0.2, -0.15) is 4.98 Å². The first-order chi connectivity index (χ1) is 19.4. The fraction of sp³-hybridized carbons (Fsp3) is 0.375. The van der Waals surface area contributed by atoms with Gasteiger partial charge in [-0.1, -0.05) is 72.8 Å². The van der Waals surface area contributed by atoms with E-state index in [1.54, 1.807) is 0 Å². The van der Waals surface area contributed by atoms with Crippen LogP contribution in [0, 0.1) is 11.8 Å². The molecule has 1 heterocycles.